The highest BCUT2D eigenvalue weighted by molar-refractivity contribution is 5.72. The minimum atomic E-state index is -0.493. The third-order valence-electron chi connectivity index (χ3n) is 4.07. The molecule has 22 heavy (non-hydrogen) atoms. The molecule has 0 bridgehead atoms. The van der Waals surface area contributed by atoms with Crippen LogP contribution >= 0.6 is 0 Å². The van der Waals surface area contributed by atoms with E-state index in [1.54, 1.807) is 0 Å². The molecule has 1 aliphatic rings. The Hall–Kier alpha value is -2.81. The van der Waals surface area contributed by atoms with E-state index in [9.17, 15) is 4.79 Å². The van der Waals surface area contributed by atoms with Crippen LogP contribution in [0.5, 0.6) is 0 Å². The van der Waals surface area contributed by atoms with Crippen LogP contribution in [0.25, 0.3) is 11.1 Å². The standard InChI is InChI=1S/C16H17N5O/c1-10-4-11(6-17)2-3-13(10)14-8-20-21-9-12(5-15(14)21)7-19-16(18)22/h2-4,8,12H,5,7,9H2,1H3,(H3,18,19,22). The van der Waals surface area contributed by atoms with E-state index in [1.165, 1.54) is 5.69 Å². The number of carbonyl (C=O) groups is 1. The monoisotopic (exact) mass is 295 g/mol. The maximum absolute atomic E-state index is 10.8. The molecule has 1 aliphatic heterocycles. The van der Waals surface area contributed by atoms with Crippen LogP contribution in [-0.4, -0.2) is 22.4 Å². The van der Waals surface area contributed by atoms with Gasteiger partial charge in [-0.1, -0.05) is 6.07 Å². The summed E-state index contributed by atoms with van der Waals surface area (Å²) in [5, 5.41) is 16.1. The number of amides is 2. The van der Waals surface area contributed by atoms with Gasteiger partial charge in [0.2, 0.25) is 0 Å². The number of nitrogens with zero attached hydrogens (tertiary/aromatic N) is 3. The van der Waals surface area contributed by atoms with Crippen molar-refractivity contribution in [2.45, 2.75) is 19.9 Å². The molecular formula is C16H17N5O. The van der Waals surface area contributed by atoms with E-state index in [1.807, 2.05) is 36.0 Å². The van der Waals surface area contributed by atoms with E-state index in [2.05, 4.69) is 16.5 Å². The summed E-state index contributed by atoms with van der Waals surface area (Å²) in [6.07, 6.45) is 2.73. The number of nitrogens with two attached hydrogens (primary N) is 1. The van der Waals surface area contributed by atoms with Crippen LogP contribution in [0.15, 0.2) is 24.4 Å². The first-order chi connectivity index (χ1) is 10.6. The molecule has 0 spiro atoms. The Bertz CT molecular complexity index is 771. The Balaban J connectivity index is 1.85. The number of aromatic nitrogens is 2. The molecule has 1 aromatic carbocycles. The Labute approximate surface area is 128 Å². The summed E-state index contributed by atoms with van der Waals surface area (Å²) >= 11 is 0. The summed E-state index contributed by atoms with van der Waals surface area (Å²) in [6.45, 7) is 3.34. The molecule has 2 amide bonds. The molecule has 1 aromatic heterocycles. The van der Waals surface area contributed by atoms with Gasteiger partial charge in [0.05, 0.1) is 17.8 Å². The quantitative estimate of drug-likeness (QED) is 0.899. The van der Waals surface area contributed by atoms with E-state index < -0.39 is 6.03 Å². The molecule has 0 fully saturated rings. The number of primary amides is 1. The van der Waals surface area contributed by atoms with Crippen molar-refractivity contribution >= 4 is 6.03 Å². The summed E-state index contributed by atoms with van der Waals surface area (Å²) in [5.41, 5.74) is 10.2. The molecule has 6 nitrogen and oxygen atoms in total. The lowest BCUT2D eigenvalue weighted by atomic mass is 9.96. The van der Waals surface area contributed by atoms with Gasteiger partial charge in [-0.15, -0.1) is 0 Å². The van der Waals surface area contributed by atoms with Crippen LogP contribution in [-0.2, 0) is 13.0 Å². The van der Waals surface area contributed by atoms with Crippen molar-refractivity contribution in [2.24, 2.45) is 11.7 Å². The topological polar surface area (TPSA) is 96.7 Å². The lowest BCUT2D eigenvalue weighted by molar-refractivity contribution is 0.246. The van der Waals surface area contributed by atoms with E-state index in [0.29, 0.717) is 18.0 Å². The first kappa shape index (κ1) is 14.1. The highest BCUT2D eigenvalue weighted by atomic mass is 16.2. The molecule has 0 saturated carbocycles. The minimum Gasteiger partial charge on any atom is -0.352 e. The molecule has 0 radical (unpaired) electrons. The second kappa shape index (κ2) is 5.53. The van der Waals surface area contributed by atoms with Gasteiger partial charge in [0, 0.05) is 30.3 Å². The largest absolute Gasteiger partial charge is 0.352 e. The molecule has 3 rings (SSSR count). The zero-order valence-corrected chi connectivity index (χ0v) is 12.3. The van der Waals surface area contributed by atoms with Gasteiger partial charge in [-0.3, -0.25) is 4.68 Å². The molecule has 112 valence electrons. The number of hydrogen-bond donors (Lipinski definition) is 2. The highest BCUT2D eigenvalue weighted by Gasteiger charge is 2.26. The van der Waals surface area contributed by atoms with Crippen LogP contribution < -0.4 is 11.1 Å². The van der Waals surface area contributed by atoms with Gasteiger partial charge in [-0.2, -0.15) is 10.4 Å². The SMILES string of the molecule is Cc1cc(C#N)ccc1-c1cnn2c1CC(CNC(N)=O)C2. The first-order valence-electron chi connectivity index (χ1n) is 7.17. The third-order valence-corrected chi connectivity index (χ3v) is 4.07. The van der Waals surface area contributed by atoms with Crippen molar-refractivity contribution in [3.05, 3.63) is 41.2 Å². The molecule has 1 atom stereocenters. The predicted molar refractivity (Wildman–Crippen MR) is 81.9 cm³/mol. The van der Waals surface area contributed by atoms with E-state index >= 15 is 0 Å². The number of carbonyl (C=O) groups excluding carboxylic acids is 1. The van der Waals surface area contributed by atoms with Crippen molar-refractivity contribution in [3.63, 3.8) is 0 Å². The smallest absolute Gasteiger partial charge is 0.312 e. The molecule has 2 heterocycles. The van der Waals surface area contributed by atoms with Gasteiger partial charge in [0.15, 0.2) is 0 Å². The molecule has 0 saturated heterocycles. The van der Waals surface area contributed by atoms with Crippen molar-refractivity contribution in [1.29, 1.82) is 5.26 Å². The van der Waals surface area contributed by atoms with Gasteiger partial charge in [0.25, 0.3) is 0 Å². The number of nitriles is 1. The summed E-state index contributed by atoms with van der Waals surface area (Å²) in [7, 11) is 0. The highest BCUT2D eigenvalue weighted by Crippen LogP contribution is 2.32. The summed E-state index contributed by atoms with van der Waals surface area (Å²) in [6, 6.07) is 7.35. The number of fused-ring (bicyclic) bond motifs is 1. The van der Waals surface area contributed by atoms with Crippen LogP contribution in [0.1, 0.15) is 16.8 Å². The van der Waals surface area contributed by atoms with Crippen LogP contribution in [0.3, 0.4) is 0 Å². The van der Waals surface area contributed by atoms with Crippen molar-refractivity contribution in [2.75, 3.05) is 6.54 Å². The Morgan fingerprint density at radius 1 is 1.55 bits per heavy atom. The number of urea groups is 1. The summed E-state index contributed by atoms with van der Waals surface area (Å²) in [5.74, 6) is 0.314. The lowest BCUT2D eigenvalue weighted by Crippen LogP contribution is -2.34. The van der Waals surface area contributed by atoms with Crippen LogP contribution in [0.4, 0.5) is 4.79 Å². The predicted octanol–water partition coefficient (Wildman–Crippen LogP) is 1.57. The van der Waals surface area contributed by atoms with Crippen molar-refractivity contribution < 1.29 is 4.79 Å². The molecule has 6 heteroatoms. The van der Waals surface area contributed by atoms with E-state index in [0.717, 1.165) is 29.7 Å². The molecular weight excluding hydrogens is 278 g/mol. The summed E-state index contributed by atoms with van der Waals surface area (Å²) in [4.78, 5) is 10.8. The zero-order valence-electron chi connectivity index (χ0n) is 12.3. The Morgan fingerprint density at radius 2 is 2.36 bits per heavy atom. The van der Waals surface area contributed by atoms with E-state index in [-0.39, 0.29) is 0 Å². The normalized spacial score (nSPS) is 16.1. The van der Waals surface area contributed by atoms with Gasteiger partial charge in [-0.25, -0.2) is 4.79 Å². The molecule has 2 aromatic rings. The second-order valence-electron chi connectivity index (χ2n) is 5.64. The van der Waals surface area contributed by atoms with Crippen LogP contribution in [0.2, 0.25) is 0 Å². The molecule has 1 unspecified atom stereocenters. The average molecular weight is 295 g/mol. The fraction of sp³-hybridized carbons (Fsp3) is 0.312. The van der Waals surface area contributed by atoms with Gasteiger partial charge >= 0.3 is 6.03 Å². The number of aryl methyl sites for hydroxylation is 1. The Morgan fingerprint density at radius 3 is 3.05 bits per heavy atom. The van der Waals surface area contributed by atoms with E-state index in [4.69, 9.17) is 11.0 Å². The van der Waals surface area contributed by atoms with Gasteiger partial charge < -0.3 is 11.1 Å². The van der Waals surface area contributed by atoms with Crippen molar-refractivity contribution in [3.8, 4) is 17.2 Å². The summed E-state index contributed by atoms with van der Waals surface area (Å²) < 4.78 is 1.99. The van der Waals surface area contributed by atoms with Crippen molar-refractivity contribution in [1.82, 2.24) is 15.1 Å². The minimum absolute atomic E-state index is 0.314. The Kier molecular flexibility index (Phi) is 3.55. The first-order valence-corrected chi connectivity index (χ1v) is 7.17. The number of nitrogens with one attached hydrogen (secondary N) is 1. The zero-order chi connectivity index (χ0) is 15.7. The average Bonchev–Trinajstić information content (AvgIpc) is 3.05. The third kappa shape index (κ3) is 2.53. The second-order valence-corrected chi connectivity index (χ2v) is 5.64. The molecule has 0 aliphatic carbocycles. The van der Waals surface area contributed by atoms with Gasteiger partial charge in [-0.05, 0) is 36.6 Å². The number of rotatable bonds is 3. The maximum Gasteiger partial charge on any atom is 0.312 e. The fourth-order valence-electron chi connectivity index (χ4n) is 3.01. The number of hydrogen-bond acceptors (Lipinski definition) is 3. The molecule has 3 N–H and O–H groups in total. The lowest BCUT2D eigenvalue weighted by Gasteiger charge is -2.09. The van der Waals surface area contributed by atoms with Gasteiger partial charge in [0.1, 0.15) is 0 Å². The fourth-order valence-corrected chi connectivity index (χ4v) is 3.01. The maximum atomic E-state index is 10.8. The number of benzene rings is 1. The van der Waals surface area contributed by atoms with Crippen LogP contribution in [0, 0.1) is 24.2 Å².